The molecule has 3 aromatic rings. The number of nitrogens with one attached hydrogen (secondary N) is 2. The van der Waals surface area contributed by atoms with Crippen LogP contribution in [0.25, 0.3) is 21.6 Å². The number of anilines is 1. The number of thiazole rings is 1. The number of aromatic amines is 1. The number of piperazine rings is 1. The predicted molar refractivity (Wildman–Crippen MR) is 129 cm³/mol. The van der Waals surface area contributed by atoms with Crippen molar-refractivity contribution in [2.24, 2.45) is 0 Å². The number of ether oxygens (including phenoxy) is 1. The van der Waals surface area contributed by atoms with Crippen molar-refractivity contribution in [2.75, 3.05) is 44.6 Å². The molecule has 1 unspecified atom stereocenters. The molecule has 1 aromatic carbocycles. The van der Waals surface area contributed by atoms with Crippen LogP contribution < -0.4 is 5.32 Å². The van der Waals surface area contributed by atoms with Crippen molar-refractivity contribution < 1.29 is 4.74 Å². The Bertz CT molecular complexity index is 998. The zero-order chi connectivity index (χ0) is 21.2. The number of aromatic nitrogens is 2. The van der Waals surface area contributed by atoms with Crippen LogP contribution in [0.15, 0.2) is 30.5 Å². The van der Waals surface area contributed by atoms with Gasteiger partial charge in [0.2, 0.25) is 0 Å². The van der Waals surface area contributed by atoms with Crippen LogP contribution in [-0.4, -0.2) is 71.2 Å². The molecule has 7 heteroatoms. The number of H-pyrrole nitrogens is 1. The van der Waals surface area contributed by atoms with Gasteiger partial charge in [-0.2, -0.15) is 0 Å². The number of nitrogens with zero attached hydrogens (tertiary/aromatic N) is 3. The van der Waals surface area contributed by atoms with Crippen molar-refractivity contribution in [3.8, 4) is 10.7 Å². The van der Waals surface area contributed by atoms with Gasteiger partial charge in [-0.25, -0.2) is 4.98 Å². The summed E-state index contributed by atoms with van der Waals surface area (Å²) in [5.41, 5.74) is 3.41. The lowest BCUT2D eigenvalue weighted by molar-refractivity contribution is 0.0491. The second-order valence-electron chi connectivity index (χ2n) is 9.10. The van der Waals surface area contributed by atoms with Crippen LogP contribution in [0.4, 0.5) is 5.69 Å². The van der Waals surface area contributed by atoms with Gasteiger partial charge in [-0.05, 0) is 38.8 Å². The smallest absolute Gasteiger partial charge is 0.139 e. The van der Waals surface area contributed by atoms with E-state index in [4.69, 9.17) is 9.72 Å². The first kappa shape index (κ1) is 20.9. The quantitative estimate of drug-likeness (QED) is 0.571. The Morgan fingerprint density at radius 1 is 1.23 bits per heavy atom. The molecule has 166 valence electrons. The highest BCUT2D eigenvalue weighted by Gasteiger charge is 2.23. The van der Waals surface area contributed by atoms with Crippen LogP contribution in [0.3, 0.4) is 0 Å². The summed E-state index contributed by atoms with van der Waals surface area (Å²) in [7, 11) is 0. The standard InChI is InChI=1S/C24H33N5OS/c1-17(2)26-21-7-3-5-18-13-22(27-23(18)21)24-25-14-20(31-24)16-29-10-8-28(9-11-29)15-19-6-4-12-30-19/h3,5,7,13-14,17,19,26-27H,4,6,8-12,15-16H2,1-2H3. The summed E-state index contributed by atoms with van der Waals surface area (Å²) in [5.74, 6) is 0. The van der Waals surface area contributed by atoms with Crippen molar-refractivity contribution >= 4 is 27.9 Å². The van der Waals surface area contributed by atoms with E-state index in [2.05, 4.69) is 64.4 Å². The second-order valence-corrected chi connectivity index (χ2v) is 10.2. The molecule has 2 saturated heterocycles. The van der Waals surface area contributed by atoms with E-state index in [9.17, 15) is 0 Å². The molecule has 2 N–H and O–H groups in total. The first-order valence-electron chi connectivity index (χ1n) is 11.5. The maximum atomic E-state index is 5.80. The van der Waals surface area contributed by atoms with Crippen LogP contribution in [0.2, 0.25) is 0 Å². The molecule has 0 radical (unpaired) electrons. The average molecular weight is 440 g/mol. The molecule has 4 heterocycles. The first-order valence-corrected chi connectivity index (χ1v) is 12.4. The van der Waals surface area contributed by atoms with Crippen molar-refractivity contribution in [3.05, 3.63) is 35.3 Å². The minimum atomic E-state index is 0.398. The molecular formula is C24H33N5OS. The molecule has 2 aromatic heterocycles. The van der Waals surface area contributed by atoms with Crippen LogP contribution in [-0.2, 0) is 11.3 Å². The van der Waals surface area contributed by atoms with Crippen molar-refractivity contribution in [1.82, 2.24) is 19.8 Å². The Kier molecular flexibility index (Phi) is 6.27. The summed E-state index contributed by atoms with van der Waals surface area (Å²) < 4.78 is 5.80. The predicted octanol–water partition coefficient (Wildman–Crippen LogP) is 4.41. The summed E-state index contributed by atoms with van der Waals surface area (Å²) in [4.78, 5) is 14.8. The van der Waals surface area contributed by atoms with Crippen molar-refractivity contribution in [1.29, 1.82) is 0 Å². The third-order valence-electron chi connectivity index (χ3n) is 6.21. The molecule has 2 fully saturated rings. The van der Waals surface area contributed by atoms with Gasteiger partial charge in [0.15, 0.2) is 0 Å². The first-order chi connectivity index (χ1) is 15.1. The summed E-state index contributed by atoms with van der Waals surface area (Å²) in [6, 6.07) is 9.01. The van der Waals surface area contributed by atoms with Gasteiger partial charge >= 0.3 is 0 Å². The lowest BCUT2D eigenvalue weighted by atomic mass is 10.2. The van der Waals surface area contributed by atoms with Gasteiger partial charge in [0.1, 0.15) is 5.01 Å². The maximum absolute atomic E-state index is 5.80. The molecule has 1 atom stereocenters. The highest BCUT2D eigenvalue weighted by atomic mass is 32.1. The fraction of sp³-hybridized carbons (Fsp3) is 0.542. The van der Waals surface area contributed by atoms with Gasteiger partial charge in [0.05, 0.1) is 23.0 Å². The van der Waals surface area contributed by atoms with E-state index in [0.29, 0.717) is 12.1 Å². The van der Waals surface area contributed by atoms with Crippen LogP contribution >= 0.6 is 11.3 Å². The van der Waals surface area contributed by atoms with E-state index in [1.165, 1.54) is 23.1 Å². The molecule has 0 aliphatic carbocycles. The highest BCUT2D eigenvalue weighted by molar-refractivity contribution is 7.15. The van der Waals surface area contributed by atoms with E-state index in [-0.39, 0.29) is 0 Å². The molecule has 2 aliphatic heterocycles. The third kappa shape index (κ3) is 4.95. The van der Waals surface area contributed by atoms with E-state index < -0.39 is 0 Å². The van der Waals surface area contributed by atoms with Gasteiger partial charge in [-0.3, -0.25) is 9.80 Å². The SMILES string of the molecule is CC(C)Nc1cccc2cc(-c3ncc(CN4CCN(CC5CCCO5)CC4)s3)[nH]c12. The lowest BCUT2D eigenvalue weighted by Crippen LogP contribution is -2.47. The Hall–Kier alpha value is -1.93. The summed E-state index contributed by atoms with van der Waals surface area (Å²) >= 11 is 1.80. The van der Waals surface area contributed by atoms with E-state index in [1.807, 2.05) is 0 Å². The highest BCUT2D eigenvalue weighted by Crippen LogP contribution is 2.31. The number of rotatable bonds is 7. The largest absolute Gasteiger partial charge is 0.381 e. The maximum Gasteiger partial charge on any atom is 0.139 e. The lowest BCUT2D eigenvalue weighted by Gasteiger charge is -2.35. The zero-order valence-corrected chi connectivity index (χ0v) is 19.4. The third-order valence-corrected chi connectivity index (χ3v) is 7.23. The number of benzene rings is 1. The van der Waals surface area contributed by atoms with Crippen molar-refractivity contribution in [2.45, 2.75) is 45.4 Å². The van der Waals surface area contributed by atoms with Gasteiger partial charge in [0, 0.05) is 68.4 Å². The normalized spacial score (nSPS) is 20.8. The average Bonchev–Trinajstić information content (AvgIpc) is 3.50. The van der Waals surface area contributed by atoms with E-state index in [0.717, 1.165) is 67.8 Å². The minimum absolute atomic E-state index is 0.398. The molecule has 31 heavy (non-hydrogen) atoms. The molecule has 0 amide bonds. The van der Waals surface area contributed by atoms with Gasteiger partial charge in [-0.1, -0.05) is 12.1 Å². The van der Waals surface area contributed by atoms with E-state index in [1.54, 1.807) is 11.3 Å². The van der Waals surface area contributed by atoms with Crippen molar-refractivity contribution in [3.63, 3.8) is 0 Å². The summed E-state index contributed by atoms with van der Waals surface area (Å²) in [6.45, 7) is 11.9. The van der Waals surface area contributed by atoms with Gasteiger partial charge < -0.3 is 15.0 Å². The van der Waals surface area contributed by atoms with Crippen LogP contribution in [0.5, 0.6) is 0 Å². The fourth-order valence-corrected chi connectivity index (χ4v) is 5.56. The number of hydrogen-bond donors (Lipinski definition) is 2. The second kappa shape index (κ2) is 9.28. The Labute approximate surface area is 188 Å². The van der Waals surface area contributed by atoms with Gasteiger partial charge in [-0.15, -0.1) is 11.3 Å². The fourth-order valence-electron chi connectivity index (χ4n) is 4.63. The Morgan fingerprint density at radius 2 is 2.06 bits per heavy atom. The number of para-hydroxylation sites is 1. The monoisotopic (exact) mass is 439 g/mol. The van der Waals surface area contributed by atoms with Crippen LogP contribution in [0.1, 0.15) is 31.6 Å². The molecule has 2 aliphatic rings. The molecular weight excluding hydrogens is 406 g/mol. The van der Waals surface area contributed by atoms with Gasteiger partial charge in [0.25, 0.3) is 0 Å². The minimum Gasteiger partial charge on any atom is -0.381 e. The van der Waals surface area contributed by atoms with Crippen LogP contribution in [0, 0.1) is 0 Å². The zero-order valence-electron chi connectivity index (χ0n) is 18.6. The Balaban J connectivity index is 1.21. The number of fused-ring (bicyclic) bond motifs is 1. The molecule has 5 rings (SSSR count). The summed E-state index contributed by atoms with van der Waals surface area (Å²) in [6.07, 6.45) is 4.97. The topological polar surface area (TPSA) is 56.4 Å². The number of hydrogen-bond acceptors (Lipinski definition) is 6. The molecule has 0 spiro atoms. The molecule has 0 saturated carbocycles. The van der Waals surface area contributed by atoms with E-state index >= 15 is 0 Å². The summed E-state index contributed by atoms with van der Waals surface area (Å²) in [5, 5.41) is 5.82. The Morgan fingerprint density at radius 3 is 2.84 bits per heavy atom. The molecule has 6 nitrogen and oxygen atoms in total. The molecule has 0 bridgehead atoms.